The largest absolute Gasteiger partial charge is 0.503 e. The lowest BCUT2D eigenvalue weighted by Crippen LogP contribution is -2.47. The van der Waals surface area contributed by atoms with E-state index in [2.05, 4.69) is 0 Å². The first-order valence-corrected chi connectivity index (χ1v) is 9.61. The van der Waals surface area contributed by atoms with Crippen molar-refractivity contribution in [3.63, 3.8) is 0 Å². The van der Waals surface area contributed by atoms with Crippen molar-refractivity contribution in [1.29, 1.82) is 0 Å². The van der Waals surface area contributed by atoms with Crippen molar-refractivity contribution in [2.75, 3.05) is 41.0 Å². The second-order valence-corrected chi connectivity index (χ2v) is 9.22. The molecule has 6 nitrogen and oxygen atoms in total. The molecule has 0 fully saturated rings. The van der Waals surface area contributed by atoms with Gasteiger partial charge in [-0.15, -0.1) is 0 Å². The van der Waals surface area contributed by atoms with Gasteiger partial charge in [-0.1, -0.05) is 6.92 Å². The molecule has 0 aromatic heterocycles. The minimum absolute atomic E-state index is 0.0772. The number of hydrogen-bond donors (Lipinski definition) is 0. The van der Waals surface area contributed by atoms with Gasteiger partial charge in [-0.05, 0) is 36.2 Å². The highest BCUT2D eigenvalue weighted by Gasteiger charge is 2.44. The van der Waals surface area contributed by atoms with Gasteiger partial charge in [0.25, 0.3) is 0 Å². The average molecular weight is 374 g/mol. The normalized spacial score (nSPS) is 13.4. The monoisotopic (exact) mass is 373 g/mol. The number of nitrogens with zero attached hydrogens (tertiary/aromatic N) is 1. The van der Waals surface area contributed by atoms with E-state index in [1.54, 1.807) is 21.3 Å². The Hall–Kier alpha value is -0.0231. The fourth-order valence-corrected chi connectivity index (χ4v) is 4.59. The van der Waals surface area contributed by atoms with E-state index in [4.69, 9.17) is 36.5 Å². The van der Waals surface area contributed by atoms with Crippen molar-refractivity contribution in [3.8, 4) is 0 Å². The van der Waals surface area contributed by atoms with E-state index < -0.39 is 19.3 Å². The SMILES string of the molecule is CO[Si](OC)(OC)C(C)CCN(CCC(=O)Cl)CCC(=O)Cl. The molecule has 0 aliphatic heterocycles. The summed E-state index contributed by atoms with van der Waals surface area (Å²) in [4.78, 5) is 23.8. The number of rotatable bonds is 13. The first kappa shape index (κ1) is 22.0. The molecule has 0 heterocycles. The maximum Gasteiger partial charge on any atom is 0.503 e. The molecule has 0 amide bonds. The zero-order valence-electron chi connectivity index (χ0n) is 13.6. The summed E-state index contributed by atoms with van der Waals surface area (Å²) >= 11 is 10.8. The van der Waals surface area contributed by atoms with Gasteiger partial charge in [-0.25, -0.2) is 0 Å². The van der Waals surface area contributed by atoms with Crippen LogP contribution in [0.5, 0.6) is 0 Å². The molecular formula is C13H25Cl2NO5Si. The van der Waals surface area contributed by atoms with Crippen LogP contribution >= 0.6 is 23.2 Å². The molecule has 0 radical (unpaired) electrons. The van der Waals surface area contributed by atoms with Gasteiger partial charge in [0, 0.05) is 52.8 Å². The molecule has 9 heteroatoms. The Bertz CT molecular complexity index is 329. The maximum atomic E-state index is 10.9. The highest BCUT2D eigenvalue weighted by molar-refractivity contribution is 6.63. The van der Waals surface area contributed by atoms with E-state index in [0.717, 1.165) is 6.42 Å². The third kappa shape index (κ3) is 8.01. The molecule has 0 rings (SSSR count). The molecule has 0 saturated heterocycles. The van der Waals surface area contributed by atoms with Crippen LogP contribution in [0.1, 0.15) is 26.2 Å². The molecule has 0 aromatic rings. The molecule has 0 aliphatic carbocycles. The van der Waals surface area contributed by atoms with E-state index >= 15 is 0 Å². The fraction of sp³-hybridized carbons (Fsp3) is 0.846. The molecule has 0 aromatic carbocycles. The minimum atomic E-state index is -2.69. The molecule has 1 atom stereocenters. The van der Waals surface area contributed by atoms with Gasteiger partial charge in [0.1, 0.15) is 0 Å². The molecule has 0 spiro atoms. The lowest BCUT2D eigenvalue weighted by atomic mass is 10.2. The standard InChI is InChI=1S/C13H25Cl2NO5Si/c1-11(22(19-2,20-3)21-4)5-8-16(9-6-12(14)17)10-7-13(15)18/h11H,5-10H2,1-4H3. The summed E-state index contributed by atoms with van der Waals surface area (Å²) in [6, 6.07) is 0. The second-order valence-electron chi connectivity index (χ2n) is 4.96. The quantitative estimate of drug-likeness (QED) is 0.364. The Labute approximate surface area is 143 Å². The van der Waals surface area contributed by atoms with Crippen LogP contribution in [-0.4, -0.2) is 65.2 Å². The predicted octanol–water partition coefficient (Wildman–Crippen LogP) is 2.26. The molecule has 22 heavy (non-hydrogen) atoms. The predicted molar refractivity (Wildman–Crippen MR) is 88.2 cm³/mol. The van der Waals surface area contributed by atoms with Crippen molar-refractivity contribution in [2.45, 2.75) is 31.7 Å². The molecular weight excluding hydrogens is 349 g/mol. The Morgan fingerprint density at radius 1 is 0.955 bits per heavy atom. The van der Waals surface area contributed by atoms with Crippen LogP contribution in [0.25, 0.3) is 0 Å². The van der Waals surface area contributed by atoms with Gasteiger partial charge in [-0.3, -0.25) is 9.59 Å². The van der Waals surface area contributed by atoms with Gasteiger partial charge in [0.2, 0.25) is 10.5 Å². The Morgan fingerprint density at radius 2 is 1.36 bits per heavy atom. The Balaban J connectivity index is 4.57. The lowest BCUT2D eigenvalue weighted by molar-refractivity contribution is -0.112. The Kier molecular flexibility index (Phi) is 11.5. The molecule has 1 unspecified atom stereocenters. The Morgan fingerprint density at radius 3 is 1.68 bits per heavy atom. The first-order valence-electron chi connectivity index (χ1n) is 7.05. The van der Waals surface area contributed by atoms with Gasteiger partial charge < -0.3 is 18.2 Å². The highest BCUT2D eigenvalue weighted by atomic mass is 35.5. The topological polar surface area (TPSA) is 65.1 Å². The molecule has 0 bridgehead atoms. The zero-order chi connectivity index (χ0) is 17.2. The first-order chi connectivity index (χ1) is 10.3. The number of carbonyl (C=O) groups is 2. The van der Waals surface area contributed by atoms with Crippen LogP contribution in [0.15, 0.2) is 0 Å². The average Bonchev–Trinajstić information content (AvgIpc) is 2.48. The van der Waals surface area contributed by atoms with Crippen LogP contribution < -0.4 is 0 Å². The fourth-order valence-electron chi connectivity index (χ4n) is 2.23. The molecule has 0 aliphatic rings. The molecule has 0 N–H and O–H groups in total. The van der Waals surface area contributed by atoms with E-state index in [1.807, 2.05) is 11.8 Å². The van der Waals surface area contributed by atoms with Crippen molar-refractivity contribution in [2.24, 2.45) is 0 Å². The van der Waals surface area contributed by atoms with Crippen LogP contribution in [0.3, 0.4) is 0 Å². The summed E-state index contributed by atoms with van der Waals surface area (Å²) in [5.41, 5.74) is 0.0772. The summed E-state index contributed by atoms with van der Waals surface area (Å²) < 4.78 is 16.4. The minimum Gasteiger partial charge on any atom is -0.377 e. The van der Waals surface area contributed by atoms with Crippen molar-refractivity contribution >= 4 is 42.5 Å². The highest BCUT2D eigenvalue weighted by Crippen LogP contribution is 2.27. The van der Waals surface area contributed by atoms with Crippen LogP contribution in [0.4, 0.5) is 0 Å². The summed E-state index contributed by atoms with van der Waals surface area (Å²) in [5.74, 6) is 0. The van der Waals surface area contributed by atoms with E-state index in [-0.39, 0.29) is 18.4 Å². The van der Waals surface area contributed by atoms with Crippen molar-refractivity contribution in [1.82, 2.24) is 4.90 Å². The van der Waals surface area contributed by atoms with Crippen LogP contribution in [-0.2, 0) is 22.9 Å². The second kappa shape index (κ2) is 11.5. The summed E-state index contributed by atoms with van der Waals surface area (Å²) in [6.07, 6.45) is 1.20. The number of halogens is 2. The maximum absolute atomic E-state index is 10.9. The zero-order valence-corrected chi connectivity index (χ0v) is 16.1. The van der Waals surface area contributed by atoms with Gasteiger partial charge >= 0.3 is 8.80 Å². The third-order valence-electron chi connectivity index (χ3n) is 3.58. The van der Waals surface area contributed by atoms with Gasteiger partial charge in [0.05, 0.1) is 0 Å². The van der Waals surface area contributed by atoms with Crippen molar-refractivity contribution in [3.05, 3.63) is 0 Å². The van der Waals surface area contributed by atoms with Gasteiger partial charge in [0.15, 0.2) is 0 Å². The van der Waals surface area contributed by atoms with Crippen LogP contribution in [0, 0.1) is 0 Å². The number of carbonyl (C=O) groups excluding carboxylic acids is 2. The van der Waals surface area contributed by atoms with Crippen LogP contribution in [0.2, 0.25) is 5.54 Å². The lowest BCUT2D eigenvalue weighted by Gasteiger charge is -2.31. The van der Waals surface area contributed by atoms with Gasteiger partial charge in [-0.2, -0.15) is 0 Å². The summed E-state index contributed by atoms with van der Waals surface area (Å²) in [7, 11) is 2.04. The smallest absolute Gasteiger partial charge is 0.377 e. The summed E-state index contributed by atoms with van der Waals surface area (Å²) in [5, 5.41) is -0.797. The van der Waals surface area contributed by atoms with E-state index in [1.165, 1.54) is 0 Å². The third-order valence-corrected chi connectivity index (χ3v) is 7.17. The number of hydrogen-bond acceptors (Lipinski definition) is 6. The molecule has 0 saturated carbocycles. The van der Waals surface area contributed by atoms with E-state index in [0.29, 0.717) is 19.6 Å². The molecule has 130 valence electrons. The summed E-state index contributed by atoms with van der Waals surface area (Å²) in [6.45, 7) is 3.64. The van der Waals surface area contributed by atoms with Crippen molar-refractivity contribution < 1.29 is 22.9 Å². The van der Waals surface area contributed by atoms with E-state index in [9.17, 15) is 9.59 Å².